The van der Waals surface area contributed by atoms with Gasteiger partial charge in [0.25, 0.3) is 0 Å². The fourth-order valence-corrected chi connectivity index (χ4v) is 3.40. The standard InChI is InChI=1S/C23H27N7.HI/c1-2-25-23(26-13-5-14-29-15-12-20-6-3-4-7-22(20)29)27-16-19-8-10-21(11-9-19)30-18-24-17-28-30;/h3-4,6-12,15,17-18H,2,5,13-14,16H2,1H3,(H2,25,26,27);1H. The van der Waals surface area contributed by atoms with Crippen LogP contribution in [0.2, 0.25) is 0 Å². The maximum atomic E-state index is 4.71. The van der Waals surface area contributed by atoms with E-state index in [1.54, 1.807) is 11.0 Å². The van der Waals surface area contributed by atoms with Crippen LogP contribution in [0.4, 0.5) is 0 Å². The lowest BCUT2D eigenvalue weighted by molar-refractivity contribution is 0.641. The minimum absolute atomic E-state index is 0. The third-order valence-electron chi connectivity index (χ3n) is 4.93. The van der Waals surface area contributed by atoms with Crippen molar-refractivity contribution >= 4 is 40.8 Å². The number of benzene rings is 2. The molecule has 0 saturated heterocycles. The molecule has 0 saturated carbocycles. The molecule has 0 fully saturated rings. The molecule has 2 aromatic carbocycles. The first-order valence-electron chi connectivity index (χ1n) is 10.3. The van der Waals surface area contributed by atoms with E-state index in [2.05, 4.69) is 80.9 Å². The Kier molecular flexibility index (Phi) is 8.45. The number of halogens is 1. The maximum Gasteiger partial charge on any atom is 0.191 e. The Morgan fingerprint density at radius 1 is 1.03 bits per heavy atom. The van der Waals surface area contributed by atoms with E-state index < -0.39 is 0 Å². The summed E-state index contributed by atoms with van der Waals surface area (Å²) in [6.07, 6.45) is 6.41. The summed E-state index contributed by atoms with van der Waals surface area (Å²) in [5.41, 5.74) is 3.42. The van der Waals surface area contributed by atoms with E-state index in [1.165, 1.54) is 17.2 Å². The lowest BCUT2D eigenvalue weighted by Crippen LogP contribution is -2.38. The van der Waals surface area contributed by atoms with Crippen molar-refractivity contribution in [1.82, 2.24) is 30.0 Å². The summed E-state index contributed by atoms with van der Waals surface area (Å²) >= 11 is 0. The highest BCUT2D eigenvalue weighted by Crippen LogP contribution is 2.15. The second-order valence-corrected chi connectivity index (χ2v) is 7.05. The van der Waals surface area contributed by atoms with E-state index in [1.807, 2.05) is 12.1 Å². The monoisotopic (exact) mass is 529 g/mol. The van der Waals surface area contributed by atoms with E-state index in [-0.39, 0.29) is 24.0 Å². The maximum absolute atomic E-state index is 4.71. The van der Waals surface area contributed by atoms with Crippen molar-refractivity contribution in [2.75, 3.05) is 13.1 Å². The van der Waals surface area contributed by atoms with Crippen LogP contribution in [0.1, 0.15) is 18.9 Å². The van der Waals surface area contributed by atoms with Crippen LogP contribution in [0, 0.1) is 0 Å². The van der Waals surface area contributed by atoms with Gasteiger partial charge in [0.2, 0.25) is 0 Å². The molecule has 7 nitrogen and oxygen atoms in total. The lowest BCUT2D eigenvalue weighted by Gasteiger charge is -2.12. The molecular weight excluding hydrogens is 501 g/mol. The molecule has 0 bridgehead atoms. The molecule has 8 heteroatoms. The molecule has 0 aliphatic rings. The van der Waals surface area contributed by atoms with Crippen LogP contribution in [-0.2, 0) is 13.1 Å². The molecule has 0 atom stereocenters. The zero-order chi connectivity index (χ0) is 20.6. The molecular formula is C23H28IN7. The average molecular weight is 529 g/mol. The van der Waals surface area contributed by atoms with Crippen molar-refractivity contribution < 1.29 is 0 Å². The molecule has 162 valence electrons. The second kappa shape index (κ2) is 11.5. The van der Waals surface area contributed by atoms with E-state index >= 15 is 0 Å². The first-order valence-corrected chi connectivity index (χ1v) is 10.3. The summed E-state index contributed by atoms with van der Waals surface area (Å²) in [5, 5.41) is 12.2. The predicted molar refractivity (Wildman–Crippen MR) is 136 cm³/mol. The number of para-hydroxylation sites is 1. The Morgan fingerprint density at radius 2 is 1.87 bits per heavy atom. The molecule has 0 amide bonds. The summed E-state index contributed by atoms with van der Waals surface area (Å²) in [6, 6.07) is 18.9. The third kappa shape index (κ3) is 6.06. The van der Waals surface area contributed by atoms with Gasteiger partial charge in [-0.2, -0.15) is 5.10 Å². The number of nitrogens with zero attached hydrogens (tertiary/aromatic N) is 5. The third-order valence-corrected chi connectivity index (χ3v) is 4.93. The number of hydrogen-bond acceptors (Lipinski definition) is 3. The molecule has 4 rings (SSSR count). The van der Waals surface area contributed by atoms with Crippen LogP contribution in [0.3, 0.4) is 0 Å². The van der Waals surface area contributed by atoms with Gasteiger partial charge in [0, 0.05) is 31.3 Å². The van der Waals surface area contributed by atoms with Crippen molar-refractivity contribution in [2.45, 2.75) is 26.4 Å². The lowest BCUT2D eigenvalue weighted by atomic mass is 10.2. The normalized spacial score (nSPS) is 11.3. The van der Waals surface area contributed by atoms with Gasteiger partial charge >= 0.3 is 0 Å². The molecule has 4 aromatic rings. The Morgan fingerprint density at radius 3 is 2.65 bits per heavy atom. The van der Waals surface area contributed by atoms with Gasteiger partial charge in [0.15, 0.2) is 5.96 Å². The molecule has 0 unspecified atom stereocenters. The SMILES string of the molecule is CCNC(=NCc1ccc(-n2cncn2)cc1)NCCCn1ccc2ccccc21.I. The highest BCUT2D eigenvalue weighted by molar-refractivity contribution is 14.0. The van der Waals surface area contributed by atoms with Crippen LogP contribution in [0.5, 0.6) is 0 Å². The number of guanidine groups is 1. The number of aryl methyl sites for hydroxylation is 1. The molecule has 0 aliphatic heterocycles. The van der Waals surface area contributed by atoms with Gasteiger partial charge in [-0.3, -0.25) is 0 Å². The molecule has 2 heterocycles. The summed E-state index contributed by atoms with van der Waals surface area (Å²) in [5.74, 6) is 0.843. The quantitative estimate of drug-likeness (QED) is 0.157. The smallest absolute Gasteiger partial charge is 0.191 e. The number of hydrogen-bond donors (Lipinski definition) is 2. The first kappa shape index (κ1) is 22.8. The van der Waals surface area contributed by atoms with E-state index in [0.29, 0.717) is 6.54 Å². The van der Waals surface area contributed by atoms with Gasteiger partial charge in [-0.1, -0.05) is 30.3 Å². The van der Waals surface area contributed by atoms with E-state index in [4.69, 9.17) is 4.99 Å². The van der Waals surface area contributed by atoms with Crippen molar-refractivity contribution in [3.63, 3.8) is 0 Å². The summed E-state index contributed by atoms with van der Waals surface area (Å²) < 4.78 is 4.05. The Bertz CT molecular complexity index is 1080. The number of aromatic nitrogens is 4. The number of nitrogens with one attached hydrogen (secondary N) is 2. The topological polar surface area (TPSA) is 72.1 Å². The van der Waals surface area contributed by atoms with Crippen LogP contribution < -0.4 is 10.6 Å². The van der Waals surface area contributed by atoms with Gasteiger partial charge in [-0.15, -0.1) is 24.0 Å². The first-order chi connectivity index (χ1) is 14.8. The highest BCUT2D eigenvalue weighted by atomic mass is 127. The molecule has 31 heavy (non-hydrogen) atoms. The Balaban J connectivity index is 0.00000272. The van der Waals surface area contributed by atoms with E-state index in [9.17, 15) is 0 Å². The predicted octanol–water partition coefficient (Wildman–Crippen LogP) is 3.99. The van der Waals surface area contributed by atoms with Crippen LogP contribution in [-0.4, -0.2) is 38.4 Å². The number of fused-ring (bicyclic) bond motifs is 1. The van der Waals surface area contributed by atoms with E-state index in [0.717, 1.165) is 43.3 Å². The molecule has 2 aromatic heterocycles. The molecule has 0 spiro atoms. The van der Waals surface area contributed by atoms with Gasteiger partial charge < -0.3 is 15.2 Å². The Labute approximate surface area is 199 Å². The summed E-state index contributed by atoms with van der Waals surface area (Å²) in [4.78, 5) is 8.69. The Hall–Kier alpha value is -2.88. The van der Waals surface area contributed by atoms with Crippen molar-refractivity contribution in [3.8, 4) is 5.69 Å². The molecule has 0 radical (unpaired) electrons. The van der Waals surface area contributed by atoms with Gasteiger partial charge in [-0.05, 0) is 48.6 Å². The van der Waals surface area contributed by atoms with Crippen LogP contribution >= 0.6 is 24.0 Å². The largest absolute Gasteiger partial charge is 0.357 e. The highest BCUT2D eigenvalue weighted by Gasteiger charge is 2.02. The minimum atomic E-state index is 0. The minimum Gasteiger partial charge on any atom is -0.357 e. The second-order valence-electron chi connectivity index (χ2n) is 7.05. The summed E-state index contributed by atoms with van der Waals surface area (Å²) in [7, 11) is 0. The van der Waals surface area contributed by atoms with Crippen LogP contribution in [0.15, 0.2) is 78.4 Å². The van der Waals surface area contributed by atoms with Crippen molar-refractivity contribution in [2.24, 2.45) is 4.99 Å². The number of rotatable bonds is 8. The fraction of sp³-hybridized carbons (Fsp3) is 0.261. The van der Waals surface area contributed by atoms with Crippen LogP contribution in [0.25, 0.3) is 16.6 Å². The molecule has 0 aliphatic carbocycles. The average Bonchev–Trinajstić information content (AvgIpc) is 3.46. The van der Waals surface area contributed by atoms with Crippen molar-refractivity contribution in [3.05, 3.63) is 79.0 Å². The van der Waals surface area contributed by atoms with Gasteiger partial charge in [0.1, 0.15) is 12.7 Å². The fourth-order valence-electron chi connectivity index (χ4n) is 3.40. The summed E-state index contributed by atoms with van der Waals surface area (Å²) in [6.45, 7) is 5.37. The van der Waals surface area contributed by atoms with Crippen molar-refractivity contribution in [1.29, 1.82) is 0 Å². The zero-order valence-corrected chi connectivity index (χ0v) is 19.9. The molecule has 2 N–H and O–H groups in total. The van der Waals surface area contributed by atoms with Gasteiger partial charge in [-0.25, -0.2) is 14.7 Å². The zero-order valence-electron chi connectivity index (χ0n) is 17.6. The number of aliphatic imine (C=N–C) groups is 1. The van der Waals surface area contributed by atoms with Gasteiger partial charge in [0.05, 0.1) is 12.2 Å².